The van der Waals surface area contributed by atoms with Crippen molar-refractivity contribution < 1.29 is 22.7 Å². The molecule has 2 aromatic heterocycles. The number of amides is 1. The number of halogens is 4. The lowest BCUT2D eigenvalue weighted by molar-refractivity contribution is -0.131. The number of carbonyl (C=O) groups excluding carboxylic acids is 1. The van der Waals surface area contributed by atoms with E-state index in [2.05, 4.69) is 21.7 Å². The molecule has 2 N–H and O–H groups in total. The Kier molecular flexibility index (Phi) is 6.87. The number of aryl methyl sites for hydroxylation is 1. The maximum atomic E-state index is 13.0. The lowest BCUT2D eigenvalue weighted by Gasteiger charge is -2.20. The van der Waals surface area contributed by atoms with Gasteiger partial charge in [-0.3, -0.25) is 4.79 Å². The highest BCUT2D eigenvalue weighted by atomic mass is 35.5. The van der Waals surface area contributed by atoms with E-state index in [1.54, 1.807) is 72.4 Å². The molecule has 0 saturated heterocycles. The first-order valence-electron chi connectivity index (χ1n) is 12.2. The second-order valence-corrected chi connectivity index (χ2v) is 9.87. The molecule has 0 atom stereocenters. The average Bonchev–Trinajstić information content (AvgIpc) is 3.48. The molecular formula is C28H23ClF3N5O2. The van der Waals surface area contributed by atoms with Gasteiger partial charge in [0.1, 0.15) is 11.3 Å². The van der Waals surface area contributed by atoms with Crippen LogP contribution < -0.4 is 15.4 Å². The van der Waals surface area contributed by atoms with Crippen LogP contribution in [0.15, 0.2) is 61.1 Å². The number of pyridine rings is 1. The summed E-state index contributed by atoms with van der Waals surface area (Å²) in [4.78, 5) is 17.2. The minimum atomic E-state index is -4.35. The van der Waals surface area contributed by atoms with Gasteiger partial charge in [0, 0.05) is 29.5 Å². The molecule has 11 heteroatoms. The highest BCUT2D eigenvalue weighted by molar-refractivity contribution is 6.30. The first-order valence-corrected chi connectivity index (χ1v) is 12.5. The monoisotopic (exact) mass is 553 g/mol. The molecule has 1 aliphatic rings. The maximum Gasteiger partial charge on any atom is 0.390 e. The number of rotatable bonds is 8. The van der Waals surface area contributed by atoms with Crippen molar-refractivity contribution >= 4 is 28.8 Å². The van der Waals surface area contributed by atoms with Crippen molar-refractivity contribution in [3.8, 4) is 28.7 Å². The number of aromatic nitrogens is 2. The van der Waals surface area contributed by atoms with Crippen LogP contribution in [0.5, 0.6) is 11.5 Å². The standard InChI is InChI=1S/C28H23ClF3N5O2/c1-17-13-18(5-6-21(17)26(38)36-27(16-33)7-8-27)23-22(39-20-4-2-3-19(29)14-20)15-37-12-11-35-25(37)24(23)34-10-9-28(30,31)32/h2-6,11-15,34H,7-10H2,1H3,(H,36,38). The molecule has 1 amide bonds. The summed E-state index contributed by atoms with van der Waals surface area (Å²) in [6.07, 6.45) is 0.716. The van der Waals surface area contributed by atoms with E-state index in [1.165, 1.54) is 0 Å². The fraction of sp³-hybridized carbons (Fsp3) is 0.250. The minimum absolute atomic E-state index is 0.343. The van der Waals surface area contributed by atoms with Crippen molar-refractivity contribution in [3.63, 3.8) is 0 Å². The Morgan fingerprint density at radius 3 is 2.72 bits per heavy atom. The Morgan fingerprint density at radius 1 is 1.26 bits per heavy atom. The second-order valence-electron chi connectivity index (χ2n) is 9.43. The van der Waals surface area contributed by atoms with Crippen molar-refractivity contribution in [2.24, 2.45) is 0 Å². The van der Waals surface area contributed by atoms with Crippen LogP contribution in [0.1, 0.15) is 35.2 Å². The fourth-order valence-electron chi connectivity index (χ4n) is 4.30. The number of alkyl halides is 3. The molecule has 5 rings (SSSR count). The van der Waals surface area contributed by atoms with Crippen molar-refractivity contribution in [1.29, 1.82) is 5.26 Å². The Bertz CT molecular complexity index is 1610. The maximum absolute atomic E-state index is 13.0. The van der Waals surface area contributed by atoms with Crippen LogP contribution in [-0.4, -0.2) is 33.6 Å². The van der Waals surface area contributed by atoms with Crippen LogP contribution in [0.4, 0.5) is 18.9 Å². The minimum Gasteiger partial charge on any atom is -0.455 e. The van der Waals surface area contributed by atoms with Gasteiger partial charge in [-0.15, -0.1) is 0 Å². The Morgan fingerprint density at radius 2 is 2.05 bits per heavy atom. The van der Waals surface area contributed by atoms with Gasteiger partial charge in [0.2, 0.25) is 0 Å². The van der Waals surface area contributed by atoms with Gasteiger partial charge in [0.05, 0.1) is 29.9 Å². The SMILES string of the molecule is Cc1cc(-c2c(Oc3cccc(Cl)c3)cn3ccnc3c2NCCC(F)(F)F)ccc1C(=O)NC1(C#N)CC1. The first kappa shape index (κ1) is 26.4. The zero-order valence-electron chi connectivity index (χ0n) is 20.8. The molecule has 0 aliphatic heterocycles. The van der Waals surface area contributed by atoms with E-state index in [4.69, 9.17) is 16.3 Å². The third kappa shape index (κ3) is 5.78. The van der Waals surface area contributed by atoms with Crippen molar-refractivity contribution in [2.45, 2.75) is 37.9 Å². The van der Waals surface area contributed by atoms with E-state index in [0.29, 0.717) is 63.0 Å². The van der Waals surface area contributed by atoms with Gasteiger partial charge in [-0.05, 0) is 55.2 Å². The number of hydrogen-bond donors (Lipinski definition) is 2. The van der Waals surface area contributed by atoms with E-state index in [1.807, 2.05) is 0 Å². The molecule has 0 bridgehead atoms. The number of anilines is 1. The molecule has 0 spiro atoms. The fourth-order valence-corrected chi connectivity index (χ4v) is 4.48. The summed E-state index contributed by atoms with van der Waals surface area (Å²) >= 11 is 6.14. The van der Waals surface area contributed by atoms with Gasteiger partial charge in [0.15, 0.2) is 11.4 Å². The molecule has 2 heterocycles. The van der Waals surface area contributed by atoms with Crippen molar-refractivity contribution in [3.05, 3.63) is 77.2 Å². The summed E-state index contributed by atoms with van der Waals surface area (Å²) in [7, 11) is 0. The summed E-state index contributed by atoms with van der Waals surface area (Å²) in [5.74, 6) is 0.416. The van der Waals surface area contributed by atoms with Gasteiger partial charge in [0.25, 0.3) is 5.91 Å². The molecule has 2 aromatic carbocycles. The summed E-state index contributed by atoms with van der Waals surface area (Å²) in [6.45, 7) is 1.38. The Balaban J connectivity index is 1.60. The zero-order chi connectivity index (χ0) is 27.8. The highest BCUT2D eigenvalue weighted by Crippen LogP contribution is 2.42. The van der Waals surface area contributed by atoms with Crippen LogP contribution >= 0.6 is 11.6 Å². The van der Waals surface area contributed by atoms with E-state index in [9.17, 15) is 23.2 Å². The van der Waals surface area contributed by atoms with Gasteiger partial charge in [-0.2, -0.15) is 18.4 Å². The van der Waals surface area contributed by atoms with E-state index >= 15 is 0 Å². The van der Waals surface area contributed by atoms with Gasteiger partial charge >= 0.3 is 6.18 Å². The van der Waals surface area contributed by atoms with Crippen LogP contribution in [-0.2, 0) is 0 Å². The smallest absolute Gasteiger partial charge is 0.390 e. The molecule has 4 aromatic rings. The molecule has 200 valence electrons. The van der Waals surface area contributed by atoms with Crippen molar-refractivity contribution in [1.82, 2.24) is 14.7 Å². The van der Waals surface area contributed by atoms with E-state index < -0.39 is 18.1 Å². The van der Waals surface area contributed by atoms with Crippen LogP contribution in [0.2, 0.25) is 5.02 Å². The third-order valence-corrected chi connectivity index (χ3v) is 6.69. The van der Waals surface area contributed by atoms with Gasteiger partial charge in [-0.25, -0.2) is 4.98 Å². The quantitative estimate of drug-likeness (QED) is 0.247. The first-order chi connectivity index (χ1) is 18.6. The number of nitrogens with zero attached hydrogens (tertiary/aromatic N) is 3. The molecule has 1 fully saturated rings. The summed E-state index contributed by atoms with van der Waals surface area (Å²) < 4.78 is 46.9. The lowest BCUT2D eigenvalue weighted by Crippen LogP contribution is -2.35. The van der Waals surface area contributed by atoms with E-state index in [-0.39, 0.29) is 12.5 Å². The number of fused-ring (bicyclic) bond motifs is 1. The summed E-state index contributed by atoms with van der Waals surface area (Å²) in [6, 6.07) is 14.0. The normalized spacial score (nSPS) is 14.1. The molecule has 7 nitrogen and oxygen atoms in total. The summed E-state index contributed by atoms with van der Waals surface area (Å²) in [5.41, 5.74) is 2.03. The Labute approximate surface area is 227 Å². The predicted molar refractivity (Wildman–Crippen MR) is 141 cm³/mol. The number of carbonyl (C=O) groups is 1. The second kappa shape index (κ2) is 10.2. The largest absolute Gasteiger partial charge is 0.455 e. The number of hydrogen-bond acceptors (Lipinski definition) is 5. The van der Waals surface area contributed by atoms with Crippen LogP contribution in [0.25, 0.3) is 16.8 Å². The van der Waals surface area contributed by atoms with Crippen LogP contribution in [0, 0.1) is 18.3 Å². The zero-order valence-corrected chi connectivity index (χ0v) is 21.5. The van der Waals surface area contributed by atoms with Crippen molar-refractivity contribution in [2.75, 3.05) is 11.9 Å². The number of ether oxygens (including phenoxy) is 1. The van der Waals surface area contributed by atoms with E-state index in [0.717, 1.165) is 0 Å². The molecular weight excluding hydrogens is 531 g/mol. The molecule has 0 radical (unpaired) electrons. The third-order valence-electron chi connectivity index (χ3n) is 6.46. The molecule has 39 heavy (non-hydrogen) atoms. The molecule has 1 saturated carbocycles. The highest BCUT2D eigenvalue weighted by Gasteiger charge is 2.44. The molecule has 0 unspecified atom stereocenters. The van der Waals surface area contributed by atoms with Gasteiger partial charge < -0.3 is 19.8 Å². The van der Waals surface area contributed by atoms with Gasteiger partial charge in [-0.1, -0.05) is 29.8 Å². The number of benzene rings is 2. The number of nitriles is 1. The lowest BCUT2D eigenvalue weighted by atomic mass is 9.97. The molecule has 1 aliphatic carbocycles. The predicted octanol–water partition coefficient (Wildman–Crippen LogP) is 6.91. The topological polar surface area (TPSA) is 91.4 Å². The summed E-state index contributed by atoms with van der Waals surface area (Å²) in [5, 5.41) is 15.5. The number of imidazole rings is 1. The van der Waals surface area contributed by atoms with Crippen LogP contribution in [0.3, 0.4) is 0 Å². The average molecular weight is 554 g/mol. The number of nitrogens with one attached hydrogen (secondary N) is 2. The Hall–Kier alpha value is -4.23.